The van der Waals surface area contributed by atoms with Crippen molar-refractivity contribution < 1.29 is 23.7 Å². The van der Waals surface area contributed by atoms with E-state index in [1.165, 1.54) is 7.11 Å². The van der Waals surface area contributed by atoms with Gasteiger partial charge in [-0.2, -0.15) is 0 Å². The molecule has 0 bridgehead atoms. The van der Waals surface area contributed by atoms with Crippen molar-refractivity contribution in [3.8, 4) is 0 Å². The van der Waals surface area contributed by atoms with Crippen LogP contribution in [0.4, 0.5) is 0 Å². The van der Waals surface area contributed by atoms with E-state index in [1.54, 1.807) is 10.9 Å². The zero-order valence-corrected chi connectivity index (χ0v) is 22.6. The van der Waals surface area contributed by atoms with Gasteiger partial charge >= 0.3 is 5.97 Å². The van der Waals surface area contributed by atoms with E-state index < -0.39 is 17.4 Å². The van der Waals surface area contributed by atoms with Gasteiger partial charge < -0.3 is 18.9 Å². The Balaban J connectivity index is 1.41. The maximum atomic E-state index is 12.0. The van der Waals surface area contributed by atoms with Gasteiger partial charge in [0.25, 0.3) is 0 Å². The predicted molar refractivity (Wildman–Crippen MR) is 147 cm³/mol. The molecule has 2 heterocycles. The van der Waals surface area contributed by atoms with E-state index in [0.29, 0.717) is 0 Å². The van der Waals surface area contributed by atoms with Crippen molar-refractivity contribution in [3.05, 3.63) is 131 Å². The normalized spacial score (nSPS) is 21.6. The highest BCUT2D eigenvalue weighted by molar-refractivity contribution is 5.86. The smallest absolute Gasteiger partial charge is 0.360 e. The summed E-state index contributed by atoms with van der Waals surface area (Å²) in [6.45, 7) is 4.06. The summed E-state index contributed by atoms with van der Waals surface area (Å²) < 4.78 is 26.2. The van der Waals surface area contributed by atoms with Crippen LogP contribution in [0.2, 0.25) is 0 Å². The Morgan fingerprint density at radius 1 is 0.900 bits per heavy atom. The van der Waals surface area contributed by atoms with E-state index in [4.69, 9.17) is 18.9 Å². The second kappa shape index (κ2) is 10.5. The number of rotatable bonds is 8. The van der Waals surface area contributed by atoms with E-state index in [-0.39, 0.29) is 30.6 Å². The number of fused-ring (bicyclic) bond motifs is 1. The molecule has 8 heteroatoms. The molecule has 6 rings (SSSR count). The van der Waals surface area contributed by atoms with Crippen LogP contribution in [0, 0.1) is 0 Å². The fraction of sp³-hybridized carbons (Fsp3) is 0.281. The largest absolute Gasteiger partial charge is 0.464 e. The first-order chi connectivity index (χ1) is 19.4. The van der Waals surface area contributed by atoms with Gasteiger partial charge in [0.2, 0.25) is 0 Å². The third-order valence-electron chi connectivity index (χ3n) is 7.42. The molecule has 0 amide bonds. The first kappa shape index (κ1) is 26.1. The van der Waals surface area contributed by atoms with Gasteiger partial charge in [0.1, 0.15) is 23.9 Å². The third kappa shape index (κ3) is 4.64. The number of aromatic nitrogens is 3. The average Bonchev–Trinajstić information content (AvgIpc) is 3.68. The van der Waals surface area contributed by atoms with Crippen LogP contribution in [-0.4, -0.2) is 52.7 Å². The number of carbonyl (C=O) groups excluding carboxylic acids is 1. The molecule has 0 spiro atoms. The van der Waals surface area contributed by atoms with Crippen LogP contribution in [0.3, 0.4) is 0 Å². The van der Waals surface area contributed by atoms with Crippen LogP contribution in [0.5, 0.6) is 0 Å². The second-order valence-electron chi connectivity index (χ2n) is 10.4. The lowest BCUT2D eigenvalue weighted by atomic mass is 9.80. The molecule has 204 valence electrons. The minimum absolute atomic E-state index is 0.131. The lowest BCUT2D eigenvalue weighted by Gasteiger charge is -2.36. The van der Waals surface area contributed by atoms with E-state index in [2.05, 4.69) is 46.7 Å². The molecule has 3 aromatic carbocycles. The van der Waals surface area contributed by atoms with Crippen LogP contribution in [0.1, 0.15) is 47.1 Å². The fourth-order valence-corrected chi connectivity index (χ4v) is 5.67. The minimum Gasteiger partial charge on any atom is -0.464 e. The van der Waals surface area contributed by atoms with E-state index >= 15 is 0 Å². The molecule has 2 aliphatic rings. The molecule has 4 aromatic rings. The van der Waals surface area contributed by atoms with Crippen LogP contribution in [0.15, 0.2) is 109 Å². The number of benzene rings is 3. The van der Waals surface area contributed by atoms with Crippen molar-refractivity contribution in [2.24, 2.45) is 0 Å². The van der Waals surface area contributed by atoms with E-state index in [9.17, 15) is 4.79 Å². The molecule has 3 unspecified atom stereocenters. The van der Waals surface area contributed by atoms with Gasteiger partial charge in [-0.25, -0.2) is 9.48 Å². The van der Waals surface area contributed by atoms with Gasteiger partial charge in [-0.1, -0.05) is 102 Å². The number of nitrogens with zero attached hydrogens (tertiary/aromatic N) is 3. The zero-order chi connectivity index (χ0) is 27.7. The number of hydrogen-bond donors (Lipinski definition) is 0. The summed E-state index contributed by atoms with van der Waals surface area (Å²) in [5, 5.41) is 8.20. The van der Waals surface area contributed by atoms with Crippen LogP contribution in [0.25, 0.3) is 0 Å². The highest BCUT2D eigenvalue weighted by Crippen LogP contribution is 2.45. The van der Waals surface area contributed by atoms with E-state index in [0.717, 1.165) is 22.3 Å². The quantitative estimate of drug-likeness (QED) is 0.176. The molecule has 0 saturated carbocycles. The molecular formula is C32H31N3O5. The lowest BCUT2D eigenvalue weighted by Crippen LogP contribution is -2.35. The molecule has 40 heavy (non-hydrogen) atoms. The van der Waals surface area contributed by atoms with Gasteiger partial charge in [0.15, 0.2) is 11.5 Å². The summed E-state index contributed by atoms with van der Waals surface area (Å²) >= 11 is 0. The SMILES string of the molecule is COC(=O)c1cn(C2C=C(COC(c3ccccc3)(c3ccccc3)c3ccccc3)C3OC(C)(C)OC32)nn1. The van der Waals surface area contributed by atoms with Gasteiger partial charge in [-0.15, -0.1) is 5.10 Å². The zero-order valence-electron chi connectivity index (χ0n) is 22.6. The highest BCUT2D eigenvalue weighted by atomic mass is 16.8. The Morgan fingerprint density at radius 3 is 1.98 bits per heavy atom. The van der Waals surface area contributed by atoms with Gasteiger partial charge in [0, 0.05) is 0 Å². The second-order valence-corrected chi connectivity index (χ2v) is 10.4. The Kier molecular flexibility index (Phi) is 6.83. The third-order valence-corrected chi connectivity index (χ3v) is 7.42. The standard InChI is InChI=1S/C32H31N3O5/c1-31(2)39-28-22(19-27(29(28)40-31)35-20-26(33-34-35)30(36)37-3)21-38-32(23-13-7-4-8-14-23,24-15-9-5-10-16-24)25-17-11-6-12-18-25/h4-20,27-29H,21H2,1-3H3. The monoisotopic (exact) mass is 537 g/mol. The lowest BCUT2D eigenvalue weighted by molar-refractivity contribution is -0.149. The summed E-state index contributed by atoms with van der Waals surface area (Å²) in [6.07, 6.45) is 2.91. The molecule has 3 atom stereocenters. The Morgan fingerprint density at radius 2 is 1.45 bits per heavy atom. The van der Waals surface area contributed by atoms with Crippen molar-refractivity contribution in [2.75, 3.05) is 13.7 Å². The molecule has 1 aliphatic heterocycles. The van der Waals surface area contributed by atoms with Crippen molar-refractivity contribution in [3.63, 3.8) is 0 Å². The first-order valence-corrected chi connectivity index (χ1v) is 13.3. The maximum Gasteiger partial charge on any atom is 0.360 e. The Labute approximate surface area is 233 Å². The topological polar surface area (TPSA) is 84.7 Å². The summed E-state index contributed by atoms with van der Waals surface area (Å²) in [6, 6.07) is 30.4. The van der Waals surface area contributed by atoms with Crippen molar-refractivity contribution in [2.45, 2.75) is 43.5 Å². The number of ether oxygens (including phenoxy) is 4. The summed E-state index contributed by atoms with van der Waals surface area (Å²) in [4.78, 5) is 12.0. The van der Waals surface area contributed by atoms with Crippen molar-refractivity contribution in [1.82, 2.24) is 15.0 Å². The Hall–Kier alpha value is -4.11. The van der Waals surface area contributed by atoms with E-state index in [1.807, 2.05) is 74.5 Å². The summed E-state index contributed by atoms with van der Waals surface area (Å²) in [5.74, 6) is -1.34. The molecule has 8 nitrogen and oxygen atoms in total. The first-order valence-electron chi connectivity index (χ1n) is 13.3. The number of esters is 1. The maximum absolute atomic E-state index is 12.0. The number of carbonyl (C=O) groups is 1. The molecule has 1 aromatic heterocycles. The summed E-state index contributed by atoms with van der Waals surface area (Å²) in [7, 11) is 1.32. The molecular weight excluding hydrogens is 506 g/mol. The fourth-order valence-electron chi connectivity index (χ4n) is 5.67. The number of methoxy groups -OCH3 is 1. The molecule has 1 saturated heterocycles. The van der Waals surface area contributed by atoms with Crippen molar-refractivity contribution in [1.29, 1.82) is 0 Å². The summed E-state index contributed by atoms with van der Waals surface area (Å²) in [5.41, 5.74) is 3.24. The molecule has 0 radical (unpaired) electrons. The highest BCUT2D eigenvalue weighted by Gasteiger charge is 2.51. The van der Waals surface area contributed by atoms with Crippen LogP contribution in [-0.2, 0) is 24.5 Å². The number of hydrogen-bond acceptors (Lipinski definition) is 7. The minimum atomic E-state index is -0.876. The van der Waals surface area contributed by atoms with Gasteiger partial charge in [-0.05, 0) is 36.1 Å². The van der Waals surface area contributed by atoms with Gasteiger partial charge in [0.05, 0.1) is 19.9 Å². The average molecular weight is 538 g/mol. The van der Waals surface area contributed by atoms with Gasteiger partial charge in [-0.3, -0.25) is 0 Å². The Bertz CT molecular complexity index is 1400. The van der Waals surface area contributed by atoms with Crippen LogP contribution >= 0.6 is 0 Å². The van der Waals surface area contributed by atoms with Crippen LogP contribution < -0.4 is 0 Å². The molecule has 1 fully saturated rings. The molecule has 1 aliphatic carbocycles. The molecule has 0 N–H and O–H groups in total. The predicted octanol–water partition coefficient (Wildman–Crippen LogP) is 5.07. The van der Waals surface area contributed by atoms with Crippen molar-refractivity contribution >= 4 is 5.97 Å².